The summed E-state index contributed by atoms with van der Waals surface area (Å²) < 4.78 is 14.8. The number of thiophene rings is 1. The van der Waals surface area contributed by atoms with E-state index in [-0.39, 0.29) is 23.7 Å². The maximum atomic E-state index is 13.1. The highest BCUT2D eigenvalue weighted by Crippen LogP contribution is 2.20. The number of aromatic nitrogens is 2. The van der Waals surface area contributed by atoms with Crippen LogP contribution in [0.15, 0.2) is 48.0 Å². The third kappa shape index (κ3) is 4.28. The summed E-state index contributed by atoms with van der Waals surface area (Å²) in [5, 5.41) is 11.7. The molecule has 2 amide bonds. The molecule has 2 heterocycles. The highest BCUT2D eigenvalue weighted by molar-refractivity contribution is 7.12. The van der Waals surface area contributed by atoms with E-state index in [0.717, 1.165) is 16.9 Å². The molecule has 0 fully saturated rings. The van der Waals surface area contributed by atoms with Gasteiger partial charge in [0, 0.05) is 11.3 Å². The van der Waals surface area contributed by atoms with E-state index in [2.05, 4.69) is 15.7 Å². The average Bonchev–Trinajstić information content (AvgIpc) is 3.32. The van der Waals surface area contributed by atoms with E-state index in [1.54, 1.807) is 42.1 Å². The molecule has 3 rings (SSSR count). The second-order valence-corrected chi connectivity index (χ2v) is 7.42. The minimum absolute atomic E-state index is 0.273. The molecule has 28 heavy (non-hydrogen) atoms. The van der Waals surface area contributed by atoms with E-state index >= 15 is 0 Å². The van der Waals surface area contributed by atoms with Crippen LogP contribution in [-0.2, 0) is 4.79 Å². The number of hydrogen-bond donors (Lipinski definition) is 2. The standard InChI is InChI=1S/C20H21FN4O2S/c1-12(23-19(26)13(2)24-20(27)18-5-4-10-28-18)17-11-22-25(14(17)3)16-8-6-15(21)7-9-16/h4-13H,1-3H3,(H,23,26)(H,24,27)/t12-,13-/m0/s1. The van der Waals surface area contributed by atoms with E-state index in [4.69, 9.17) is 0 Å². The van der Waals surface area contributed by atoms with Gasteiger partial charge in [-0.1, -0.05) is 6.07 Å². The van der Waals surface area contributed by atoms with Crippen molar-refractivity contribution in [3.05, 3.63) is 69.9 Å². The maximum Gasteiger partial charge on any atom is 0.261 e. The van der Waals surface area contributed by atoms with Crippen molar-refractivity contribution >= 4 is 23.2 Å². The van der Waals surface area contributed by atoms with Crippen LogP contribution in [0.1, 0.15) is 40.8 Å². The van der Waals surface area contributed by atoms with Crippen LogP contribution < -0.4 is 10.6 Å². The largest absolute Gasteiger partial charge is 0.348 e. The number of carbonyl (C=O) groups is 2. The van der Waals surface area contributed by atoms with E-state index < -0.39 is 6.04 Å². The van der Waals surface area contributed by atoms with Crippen molar-refractivity contribution in [1.29, 1.82) is 0 Å². The van der Waals surface area contributed by atoms with Crippen molar-refractivity contribution < 1.29 is 14.0 Å². The number of halogens is 1. The summed E-state index contributed by atoms with van der Waals surface area (Å²) in [4.78, 5) is 25.1. The molecule has 3 aromatic rings. The molecule has 8 heteroatoms. The lowest BCUT2D eigenvalue weighted by Gasteiger charge is -2.18. The van der Waals surface area contributed by atoms with Gasteiger partial charge in [0.1, 0.15) is 11.9 Å². The predicted octanol–water partition coefficient (Wildman–Crippen LogP) is 3.38. The molecule has 0 aliphatic rings. The Balaban J connectivity index is 1.65. The quantitative estimate of drug-likeness (QED) is 0.666. The predicted molar refractivity (Wildman–Crippen MR) is 106 cm³/mol. The van der Waals surface area contributed by atoms with Gasteiger partial charge in [0.2, 0.25) is 5.91 Å². The number of amides is 2. The van der Waals surface area contributed by atoms with Crippen LogP contribution >= 0.6 is 11.3 Å². The molecule has 0 radical (unpaired) electrons. The highest BCUT2D eigenvalue weighted by atomic mass is 32.1. The summed E-state index contributed by atoms with van der Waals surface area (Å²) in [6, 6.07) is 8.55. The van der Waals surface area contributed by atoms with E-state index in [9.17, 15) is 14.0 Å². The second kappa shape index (κ2) is 8.35. The molecule has 0 unspecified atom stereocenters. The van der Waals surface area contributed by atoms with Crippen molar-refractivity contribution in [1.82, 2.24) is 20.4 Å². The molecule has 0 saturated heterocycles. The summed E-state index contributed by atoms with van der Waals surface area (Å²) >= 11 is 1.32. The maximum absolute atomic E-state index is 13.1. The summed E-state index contributed by atoms with van der Waals surface area (Å²) in [5.74, 6) is -0.870. The fraction of sp³-hybridized carbons (Fsp3) is 0.250. The second-order valence-electron chi connectivity index (χ2n) is 6.48. The number of nitrogens with zero attached hydrogens (tertiary/aromatic N) is 2. The van der Waals surface area contributed by atoms with Gasteiger partial charge in [-0.05, 0) is 56.5 Å². The monoisotopic (exact) mass is 400 g/mol. The third-order valence-corrected chi connectivity index (χ3v) is 5.30. The molecular formula is C20H21FN4O2S. The highest BCUT2D eigenvalue weighted by Gasteiger charge is 2.21. The van der Waals surface area contributed by atoms with Gasteiger partial charge in [0.15, 0.2) is 0 Å². The number of benzene rings is 1. The van der Waals surface area contributed by atoms with E-state index in [1.165, 1.54) is 23.5 Å². The van der Waals surface area contributed by atoms with E-state index in [0.29, 0.717) is 4.88 Å². The molecule has 146 valence electrons. The Morgan fingerprint density at radius 3 is 2.50 bits per heavy atom. The first-order chi connectivity index (χ1) is 13.4. The summed E-state index contributed by atoms with van der Waals surface area (Å²) in [7, 11) is 0. The fourth-order valence-electron chi connectivity index (χ4n) is 2.85. The molecule has 2 N–H and O–H groups in total. The Labute approximate surface area is 166 Å². The first-order valence-electron chi connectivity index (χ1n) is 8.82. The summed E-state index contributed by atoms with van der Waals surface area (Å²) in [5.41, 5.74) is 2.42. The van der Waals surface area contributed by atoms with Crippen LogP contribution in [0.3, 0.4) is 0 Å². The minimum Gasteiger partial charge on any atom is -0.348 e. The number of carbonyl (C=O) groups excluding carboxylic acids is 2. The van der Waals surface area contributed by atoms with Crippen LogP contribution in [0, 0.1) is 12.7 Å². The van der Waals surface area contributed by atoms with Crippen molar-refractivity contribution in [2.75, 3.05) is 0 Å². The summed E-state index contributed by atoms with van der Waals surface area (Å²) in [6.07, 6.45) is 1.68. The number of rotatable bonds is 6. The lowest BCUT2D eigenvalue weighted by molar-refractivity contribution is -0.123. The van der Waals surface area contributed by atoms with Gasteiger partial charge in [-0.15, -0.1) is 11.3 Å². The third-order valence-electron chi connectivity index (χ3n) is 4.43. The molecule has 2 aromatic heterocycles. The molecule has 0 aliphatic carbocycles. The SMILES string of the molecule is Cc1c([C@H](C)NC(=O)[C@H](C)NC(=O)c2cccs2)cnn1-c1ccc(F)cc1. The first kappa shape index (κ1) is 19.8. The zero-order chi connectivity index (χ0) is 20.3. The average molecular weight is 400 g/mol. The Morgan fingerprint density at radius 2 is 1.86 bits per heavy atom. The lowest BCUT2D eigenvalue weighted by Crippen LogP contribution is -2.45. The zero-order valence-corrected chi connectivity index (χ0v) is 16.6. The van der Waals surface area contributed by atoms with Gasteiger partial charge < -0.3 is 10.6 Å². The van der Waals surface area contributed by atoms with Crippen molar-refractivity contribution in [2.45, 2.75) is 32.9 Å². The Morgan fingerprint density at radius 1 is 1.14 bits per heavy atom. The van der Waals surface area contributed by atoms with Crippen LogP contribution in [0.25, 0.3) is 5.69 Å². The molecule has 0 spiro atoms. The summed E-state index contributed by atoms with van der Waals surface area (Å²) in [6.45, 7) is 5.38. The molecule has 1 aromatic carbocycles. The normalized spacial score (nSPS) is 13.0. The molecule has 0 saturated carbocycles. The van der Waals surface area contributed by atoms with Gasteiger partial charge in [-0.3, -0.25) is 9.59 Å². The van der Waals surface area contributed by atoms with Crippen LogP contribution in [-0.4, -0.2) is 27.6 Å². The Bertz CT molecular complexity index is 967. The fourth-order valence-corrected chi connectivity index (χ4v) is 3.47. The topological polar surface area (TPSA) is 76.0 Å². The minimum atomic E-state index is -0.676. The lowest BCUT2D eigenvalue weighted by atomic mass is 10.1. The van der Waals surface area contributed by atoms with Gasteiger partial charge in [0.05, 0.1) is 22.8 Å². The van der Waals surface area contributed by atoms with Crippen LogP contribution in [0.5, 0.6) is 0 Å². The van der Waals surface area contributed by atoms with Crippen molar-refractivity contribution in [3.8, 4) is 5.69 Å². The molecule has 6 nitrogen and oxygen atoms in total. The molecule has 2 atom stereocenters. The van der Waals surface area contributed by atoms with E-state index in [1.807, 2.05) is 19.2 Å². The van der Waals surface area contributed by atoms with Gasteiger partial charge in [-0.2, -0.15) is 5.10 Å². The molecule has 0 aliphatic heterocycles. The van der Waals surface area contributed by atoms with Crippen LogP contribution in [0.4, 0.5) is 4.39 Å². The number of hydrogen-bond acceptors (Lipinski definition) is 4. The number of nitrogens with one attached hydrogen (secondary N) is 2. The smallest absolute Gasteiger partial charge is 0.261 e. The molecular weight excluding hydrogens is 379 g/mol. The van der Waals surface area contributed by atoms with Gasteiger partial charge >= 0.3 is 0 Å². The van der Waals surface area contributed by atoms with Gasteiger partial charge in [0.25, 0.3) is 5.91 Å². The van der Waals surface area contributed by atoms with Crippen molar-refractivity contribution in [3.63, 3.8) is 0 Å². The van der Waals surface area contributed by atoms with Crippen molar-refractivity contribution in [2.24, 2.45) is 0 Å². The molecule has 0 bridgehead atoms. The first-order valence-corrected chi connectivity index (χ1v) is 9.70. The Kier molecular flexibility index (Phi) is 5.89. The zero-order valence-electron chi connectivity index (χ0n) is 15.8. The van der Waals surface area contributed by atoms with Crippen LogP contribution in [0.2, 0.25) is 0 Å². The van der Waals surface area contributed by atoms with Gasteiger partial charge in [-0.25, -0.2) is 9.07 Å². The Hall–Kier alpha value is -3.00.